The molecule has 3 N–H and O–H groups in total. The van der Waals surface area contributed by atoms with E-state index >= 15 is 0 Å². The second-order valence-corrected chi connectivity index (χ2v) is 10.5. The zero-order chi connectivity index (χ0) is 27.7. The van der Waals surface area contributed by atoms with E-state index in [0.29, 0.717) is 41.1 Å². The van der Waals surface area contributed by atoms with Gasteiger partial charge in [0.2, 0.25) is 0 Å². The number of para-hydroxylation sites is 1. The molecule has 0 aliphatic carbocycles. The number of hydrogen-bond donors (Lipinski definition) is 3. The van der Waals surface area contributed by atoms with Crippen LogP contribution in [0.4, 0.5) is 0 Å². The lowest BCUT2D eigenvalue weighted by Gasteiger charge is -2.30. The Morgan fingerprint density at radius 2 is 1.87 bits per heavy atom. The zero-order valence-electron chi connectivity index (χ0n) is 21.4. The molecule has 0 bridgehead atoms. The standard InChI is InChI=1S/C29H27N3O6S/c1-16-12-19-15-32(28(35)23-13-18-6-3-4-7-22(18)38-23)10-9-20(19)17(2)25(16)27(34)31-21(29(36)37)14-30-26(33)24-8-5-11-39-24/h3-8,11-13,21H,9-10,14-15H2,1-2H3,(H,30,33)(H,31,34)(H,36,37). The summed E-state index contributed by atoms with van der Waals surface area (Å²) in [4.78, 5) is 52.7. The normalized spacial score (nSPS) is 13.5. The molecule has 0 saturated carbocycles. The van der Waals surface area contributed by atoms with Gasteiger partial charge in [-0.3, -0.25) is 14.4 Å². The average molecular weight is 546 g/mol. The highest BCUT2D eigenvalue weighted by Gasteiger charge is 2.29. The van der Waals surface area contributed by atoms with Gasteiger partial charge in [0, 0.05) is 30.6 Å². The first kappa shape index (κ1) is 26.2. The molecule has 0 fully saturated rings. The molecule has 4 aromatic rings. The summed E-state index contributed by atoms with van der Waals surface area (Å²) in [5.41, 5.74) is 4.40. The molecule has 1 aliphatic heterocycles. The van der Waals surface area contributed by atoms with Crippen LogP contribution in [0.3, 0.4) is 0 Å². The summed E-state index contributed by atoms with van der Waals surface area (Å²) in [6.45, 7) is 4.21. The van der Waals surface area contributed by atoms with Crippen LogP contribution in [-0.2, 0) is 17.8 Å². The summed E-state index contributed by atoms with van der Waals surface area (Å²) >= 11 is 1.24. The van der Waals surface area contributed by atoms with E-state index in [-0.39, 0.29) is 18.2 Å². The van der Waals surface area contributed by atoms with Gasteiger partial charge in [0.1, 0.15) is 11.6 Å². The summed E-state index contributed by atoms with van der Waals surface area (Å²) in [5.74, 6) is -2.07. The predicted octanol–water partition coefficient (Wildman–Crippen LogP) is 3.92. The smallest absolute Gasteiger partial charge is 0.328 e. The van der Waals surface area contributed by atoms with Gasteiger partial charge in [0.25, 0.3) is 17.7 Å². The third kappa shape index (κ3) is 5.28. The first-order valence-corrected chi connectivity index (χ1v) is 13.4. The molecule has 9 nitrogen and oxygen atoms in total. The molecule has 39 heavy (non-hydrogen) atoms. The van der Waals surface area contributed by atoms with E-state index in [1.54, 1.807) is 35.4 Å². The van der Waals surface area contributed by atoms with Crippen molar-refractivity contribution in [1.29, 1.82) is 0 Å². The molecule has 1 unspecified atom stereocenters. The summed E-state index contributed by atoms with van der Waals surface area (Å²) in [6.07, 6.45) is 0.549. The molecule has 10 heteroatoms. The summed E-state index contributed by atoms with van der Waals surface area (Å²) in [6, 6.07) is 13.2. The van der Waals surface area contributed by atoms with Crippen LogP contribution in [-0.4, -0.2) is 52.8 Å². The largest absolute Gasteiger partial charge is 0.480 e. The number of carboxylic acid groups (broad SMARTS) is 1. The van der Waals surface area contributed by atoms with Crippen LogP contribution in [0.1, 0.15) is 52.8 Å². The number of fused-ring (bicyclic) bond motifs is 2. The molecule has 200 valence electrons. The molecule has 2 aromatic heterocycles. The number of nitrogens with one attached hydrogen (secondary N) is 2. The number of furan rings is 1. The van der Waals surface area contributed by atoms with Gasteiger partial charge in [-0.1, -0.05) is 30.3 Å². The Bertz CT molecular complexity index is 1560. The van der Waals surface area contributed by atoms with E-state index in [1.807, 2.05) is 37.3 Å². The number of carbonyl (C=O) groups is 4. The minimum absolute atomic E-state index is 0.192. The van der Waals surface area contributed by atoms with Gasteiger partial charge in [0.05, 0.1) is 4.88 Å². The fourth-order valence-electron chi connectivity index (χ4n) is 5.01. The number of aliphatic carboxylic acids is 1. The van der Waals surface area contributed by atoms with Gasteiger partial charge in [-0.2, -0.15) is 0 Å². The van der Waals surface area contributed by atoms with Crippen LogP contribution in [0.15, 0.2) is 58.3 Å². The zero-order valence-corrected chi connectivity index (χ0v) is 22.3. The highest BCUT2D eigenvalue weighted by molar-refractivity contribution is 7.12. The lowest BCUT2D eigenvalue weighted by atomic mass is 9.88. The topological polar surface area (TPSA) is 129 Å². The molecule has 0 spiro atoms. The van der Waals surface area contributed by atoms with Crippen LogP contribution in [0.25, 0.3) is 11.0 Å². The van der Waals surface area contributed by atoms with Crippen LogP contribution >= 0.6 is 11.3 Å². The van der Waals surface area contributed by atoms with Crippen molar-refractivity contribution in [1.82, 2.24) is 15.5 Å². The predicted molar refractivity (Wildman–Crippen MR) is 146 cm³/mol. The SMILES string of the molecule is Cc1cc2c(c(C)c1C(=O)NC(CNC(=O)c1cccs1)C(=O)O)CCN(C(=O)c1cc3ccccc3o1)C2. The first-order chi connectivity index (χ1) is 18.7. The van der Waals surface area contributed by atoms with Crippen molar-refractivity contribution in [2.24, 2.45) is 0 Å². The fraction of sp³-hybridized carbons (Fsp3) is 0.241. The molecule has 5 rings (SSSR count). The fourth-order valence-corrected chi connectivity index (χ4v) is 5.65. The number of thiophene rings is 1. The number of benzene rings is 2. The second kappa shape index (κ2) is 10.7. The van der Waals surface area contributed by atoms with E-state index in [1.165, 1.54) is 11.3 Å². The van der Waals surface area contributed by atoms with Gasteiger partial charge in [-0.15, -0.1) is 11.3 Å². The molecular weight excluding hydrogens is 518 g/mol. The number of carboxylic acids is 1. The summed E-state index contributed by atoms with van der Waals surface area (Å²) in [5, 5.41) is 17.4. The molecule has 1 aliphatic rings. The van der Waals surface area contributed by atoms with Gasteiger partial charge in [-0.25, -0.2) is 4.79 Å². The van der Waals surface area contributed by atoms with E-state index in [9.17, 15) is 24.3 Å². The van der Waals surface area contributed by atoms with E-state index < -0.39 is 23.8 Å². The molecule has 1 atom stereocenters. The van der Waals surface area contributed by atoms with E-state index in [0.717, 1.165) is 22.1 Å². The Morgan fingerprint density at radius 3 is 2.59 bits per heavy atom. The highest BCUT2D eigenvalue weighted by atomic mass is 32.1. The van der Waals surface area contributed by atoms with Crippen LogP contribution in [0, 0.1) is 13.8 Å². The first-order valence-electron chi connectivity index (χ1n) is 12.5. The van der Waals surface area contributed by atoms with Crippen molar-refractivity contribution in [3.8, 4) is 0 Å². The van der Waals surface area contributed by atoms with E-state index in [4.69, 9.17) is 4.42 Å². The maximum absolute atomic E-state index is 13.2. The van der Waals surface area contributed by atoms with Crippen molar-refractivity contribution in [2.45, 2.75) is 32.9 Å². The average Bonchev–Trinajstić information content (AvgIpc) is 3.60. The maximum Gasteiger partial charge on any atom is 0.328 e. The number of nitrogens with zero attached hydrogens (tertiary/aromatic N) is 1. The summed E-state index contributed by atoms with van der Waals surface area (Å²) < 4.78 is 5.76. The molecular formula is C29H27N3O6S. The van der Waals surface area contributed by atoms with Gasteiger partial charge in [-0.05, 0) is 66.1 Å². The van der Waals surface area contributed by atoms with Gasteiger partial charge in [0.15, 0.2) is 5.76 Å². The Hall–Kier alpha value is -4.44. The number of rotatable bonds is 7. The maximum atomic E-state index is 13.2. The minimum atomic E-state index is -1.30. The van der Waals surface area contributed by atoms with Crippen molar-refractivity contribution >= 4 is 46.0 Å². The Morgan fingerprint density at radius 1 is 1.08 bits per heavy atom. The third-order valence-corrected chi connectivity index (χ3v) is 7.83. The molecule has 3 heterocycles. The quantitative estimate of drug-likeness (QED) is 0.323. The Balaban J connectivity index is 1.30. The number of hydrogen-bond acceptors (Lipinski definition) is 6. The summed E-state index contributed by atoms with van der Waals surface area (Å²) in [7, 11) is 0. The Labute approximate surface area is 228 Å². The van der Waals surface area contributed by atoms with Crippen molar-refractivity contribution in [3.05, 3.63) is 92.4 Å². The monoisotopic (exact) mass is 545 g/mol. The van der Waals surface area contributed by atoms with Crippen molar-refractivity contribution in [2.75, 3.05) is 13.1 Å². The van der Waals surface area contributed by atoms with Gasteiger partial charge >= 0.3 is 5.97 Å². The molecule has 3 amide bonds. The van der Waals surface area contributed by atoms with E-state index in [2.05, 4.69) is 10.6 Å². The minimum Gasteiger partial charge on any atom is -0.480 e. The number of amides is 3. The second-order valence-electron chi connectivity index (χ2n) is 9.51. The van der Waals surface area contributed by atoms with Crippen LogP contribution in [0.2, 0.25) is 0 Å². The number of carbonyl (C=O) groups excluding carboxylic acids is 3. The van der Waals surface area contributed by atoms with Crippen LogP contribution in [0.5, 0.6) is 0 Å². The van der Waals surface area contributed by atoms with Gasteiger partial charge < -0.3 is 25.1 Å². The van der Waals surface area contributed by atoms with Crippen LogP contribution < -0.4 is 10.6 Å². The third-order valence-electron chi connectivity index (χ3n) is 6.96. The molecule has 2 aromatic carbocycles. The lowest BCUT2D eigenvalue weighted by molar-refractivity contribution is -0.139. The molecule has 0 radical (unpaired) electrons. The lowest BCUT2D eigenvalue weighted by Crippen LogP contribution is -2.48. The molecule has 0 saturated heterocycles. The highest BCUT2D eigenvalue weighted by Crippen LogP contribution is 2.29. The Kier molecular flexibility index (Phi) is 7.21. The number of aryl methyl sites for hydroxylation is 1. The van der Waals surface area contributed by atoms with Crippen molar-refractivity contribution < 1.29 is 28.7 Å². The van der Waals surface area contributed by atoms with Crippen molar-refractivity contribution in [3.63, 3.8) is 0 Å².